The summed E-state index contributed by atoms with van der Waals surface area (Å²) < 4.78 is 14.5. The van der Waals surface area contributed by atoms with Crippen molar-refractivity contribution >= 4 is 44.0 Å². The molecule has 0 N–H and O–H groups in total. The minimum absolute atomic E-state index is 0.161. The molecule has 1 aromatic rings. The van der Waals surface area contributed by atoms with Gasteiger partial charge >= 0.3 is 0 Å². The van der Waals surface area contributed by atoms with E-state index >= 15 is 0 Å². The number of rotatable bonds is 1. The van der Waals surface area contributed by atoms with Crippen molar-refractivity contribution in [2.45, 2.75) is 25.8 Å². The Bertz CT molecular complexity index is 450. The molecule has 86 valence electrons. The fourth-order valence-electron chi connectivity index (χ4n) is 1.98. The summed E-state index contributed by atoms with van der Waals surface area (Å²) in [5.41, 5.74) is 1.65. The Balaban J connectivity index is 2.63. The smallest absolute Gasteiger partial charge is 0.214 e. The zero-order chi connectivity index (χ0) is 11.9. The number of nitrogens with zero attached hydrogens (tertiary/aromatic N) is 1. The maximum atomic E-state index is 13.6. The molecule has 16 heavy (non-hydrogen) atoms. The predicted molar refractivity (Wildman–Crippen MR) is 68.1 cm³/mol. The first-order chi connectivity index (χ1) is 7.56. The van der Waals surface area contributed by atoms with Gasteiger partial charge in [0.1, 0.15) is 0 Å². The first-order valence-electron chi connectivity index (χ1n) is 4.96. The van der Waals surface area contributed by atoms with Gasteiger partial charge in [0.25, 0.3) is 0 Å². The summed E-state index contributed by atoms with van der Waals surface area (Å²) in [6.07, 6.45) is 2.44. The molecular weight excluding hydrogens is 341 g/mol. The highest BCUT2D eigenvalue weighted by Crippen LogP contribution is 2.39. The van der Waals surface area contributed by atoms with Crippen LogP contribution in [0.15, 0.2) is 15.0 Å². The lowest BCUT2D eigenvalue weighted by molar-refractivity contribution is -0.107. The van der Waals surface area contributed by atoms with E-state index < -0.39 is 0 Å². The van der Waals surface area contributed by atoms with E-state index in [4.69, 9.17) is 0 Å². The SMILES string of the molecule is C[C@H]1CCc2c(cc(Br)c(F)c2Br)N1C=O. The van der Waals surface area contributed by atoms with Gasteiger partial charge in [0.05, 0.1) is 8.95 Å². The quantitative estimate of drug-likeness (QED) is 0.559. The Labute approximate surface area is 110 Å². The molecule has 2 nitrogen and oxygen atoms in total. The van der Waals surface area contributed by atoms with Gasteiger partial charge in [-0.2, -0.15) is 0 Å². The standard InChI is InChI=1S/C11H10Br2FNO/c1-6-2-3-7-9(15(6)5-16)4-8(12)11(14)10(7)13/h4-6H,2-3H2,1H3/t6-/m0/s1. The lowest BCUT2D eigenvalue weighted by Gasteiger charge is -2.33. The highest BCUT2D eigenvalue weighted by molar-refractivity contribution is 9.11. The van der Waals surface area contributed by atoms with E-state index in [0.29, 0.717) is 8.95 Å². The van der Waals surface area contributed by atoms with Crippen LogP contribution >= 0.6 is 31.9 Å². The Morgan fingerprint density at radius 2 is 2.25 bits per heavy atom. The van der Waals surface area contributed by atoms with Crippen LogP contribution in [0.4, 0.5) is 10.1 Å². The molecule has 0 aromatic heterocycles. The van der Waals surface area contributed by atoms with Crippen LogP contribution < -0.4 is 4.90 Å². The van der Waals surface area contributed by atoms with Crippen molar-refractivity contribution in [2.24, 2.45) is 0 Å². The molecule has 0 radical (unpaired) electrons. The third kappa shape index (κ3) is 1.80. The van der Waals surface area contributed by atoms with Crippen molar-refractivity contribution in [3.8, 4) is 0 Å². The molecule has 1 aromatic carbocycles. The number of fused-ring (bicyclic) bond motifs is 1. The molecule has 1 amide bonds. The molecule has 1 aliphatic heterocycles. The molecular formula is C11H10Br2FNO. The molecule has 0 unspecified atom stereocenters. The summed E-state index contributed by atoms with van der Waals surface area (Å²) in [6.45, 7) is 1.99. The summed E-state index contributed by atoms with van der Waals surface area (Å²) in [4.78, 5) is 12.7. The summed E-state index contributed by atoms with van der Waals surface area (Å²) in [6, 6.07) is 1.83. The average Bonchev–Trinajstić information content (AvgIpc) is 2.26. The molecule has 2 rings (SSSR count). The van der Waals surface area contributed by atoms with Crippen LogP contribution in [-0.2, 0) is 11.2 Å². The number of carbonyl (C=O) groups excluding carboxylic acids is 1. The maximum Gasteiger partial charge on any atom is 0.214 e. The van der Waals surface area contributed by atoms with Gasteiger partial charge in [0.2, 0.25) is 6.41 Å². The number of anilines is 1. The first-order valence-corrected chi connectivity index (χ1v) is 6.55. The number of hydrogen-bond donors (Lipinski definition) is 0. The molecule has 0 saturated carbocycles. The predicted octanol–water partition coefficient (Wildman–Crippen LogP) is 3.65. The van der Waals surface area contributed by atoms with Gasteiger partial charge in [0, 0.05) is 11.7 Å². The number of benzene rings is 1. The van der Waals surface area contributed by atoms with Gasteiger partial charge in [-0.1, -0.05) is 0 Å². The van der Waals surface area contributed by atoms with Gasteiger partial charge in [-0.3, -0.25) is 4.79 Å². The van der Waals surface area contributed by atoms with Gasteiger partial charge < -0.3 is 4.90 Å². The number of carbonyl (C=O) groups is 1. The summed E-state index contributed by atoms with van der Waals surface area (Å²) in [5.74, 6) is -0.306. The lowest BCUT2D eigenvalue weighted by Crippen LogP contribution is -2.36. The third-order valence-electron chi connectivity index (χ3n) is 2.92. The number of amides is 1. The van der Waals surface area contributed by atoms with Gasteiger partial charge in [-0.15, -0.1) is 0 Å². The largest absolute Gasteiger partial charge is 0.312 e. The normalized spacial score (nSPS) is 19.5. The summed E-state index contributed by atoms with van der Waals surface area (Å²) in [5, 5.41) is 0. The lowest BCUT2D eigenvalue weighted by atomic mass is 9.97. The van der Waals surface area contributed by atoms with Crippen LogP contribution in [0.25, 0.3) is 0 Å². The second-order valence-electron chi connectivity index (χ2n) is 3.88. The molecule has 5 heteroatoms. The average molecular weight is 351 g/mol. The van der Waals surface area contributed by atoms with E-state index in [-0.39, 0.29) is 11.9 Å². The Morgan fingerprint density at radius 3 is 2.88 bits per heavy atom. The van der Waals surface area contributed by atoms with Crippen LogP contribution in [0.2, 0.25) is 0 Å². The topological polar surface area (TPSA) is 20.3 Å². The monoisotopic (exact) mass is 349 g/mol. The van der Waals surface area contributed by atoms with E-state index in [1.165, 1.54) is 0 Å². The van der Waals surface area contributed by atoms with Crippen molar-refractivity contribution < 1.29 is 9.18 Å². The van der Waals surface area contributed by atoms with Crippen molar-refractivity contribution in [3.63, 3.8) is 0 Å². The van der Waals surface area contributed by atoms with E-state index in [1.54, 1.807) is 11.0 Å². The second kappa shape index (κ2) is 4.45. The van der Waals surface area contributed by atoms with Gasteiger partial charge in [-0.05, 0) is 63.3 Å². The zero-order valence-corrected chi connectivity index (χ0v) is 11.8. The van der Waals surface area contributed by atoms with Crippen LogP contribution in [0.1, 0.15) is 18.9 Å². The van der Waals surface area contributed by atoms with Crippen molar-refractivity contribution in [2.75, 3.05) is 4.90 Å². The Morgan fingerprint density at radius 1 is 1.56 bits per heavy atom. The summed E-state index contributed by atoms with van der Waals surface area (Å²) in [7, 11) is 0. The molecule has 0 fully saturated rings. The maximum absolute atomic E-state index is 13.6. The van der Waals surface area contributed by atoms with E-state index in [9.17, 15) is 9.18 Å². The fraction of sp³-hybridized carbons (Fsp3) is 0.364. The number of halogens is 3. The molecule has 0 bridgehead atoms. The van der Waals surface area contributed by atoms with Gasteiger partial charge in [0.15, 0.2) is 5.82 Å². The molecule has 1 atom stereocenters. The van der Waals surface area contributed by atoms with Crippen LogP contribution in [0.5, 0.6) is 0 Å². The van der Waals surface area contributed by atoms with Crippen LogP contribution in [0.3, 0.4) is 0 Å². The van der Waals surface area contributed by atoms with Gasteiger partial charge in [-0.25, -0.2) is 4.39 Å². The Kier molecular flexibility index (Phi) is 3.35. The van der Waals surface area contributed by atoms with Crippen LogP contribution in [-0.4, -0.2) is 12.5 Å². The minimum Gasteiger partial charge on any atom is -0.312 e. The van der Waals surface area contributed by atoms with Crippen LogP contribution in [0, 0.1) is 5.82 Å². The molecule has 1 heterocycles. The fourth-order valence-corrected chi connectivity index (χ4v) is 3.27. The highest BCUT2D eigenvalue weighted by Gasteiger charge is 2.26. The third-order valence-corrected chi connectivity index (χ3v) is 4.32. The highest BCUT2D eigenvalue weighted by atomic mass is 79.9. The van der Waals surface area contributed by atoms with E-state index in [1.807, 2.05) is 6.92 Å². The van der Waals surface area contributed by atoms with Crippen molar-refractivity contribution in [3.05, 3.63) is 26.4 Å². The van der Waals surface area contributed by atoms with E-state index in [2.05, 4.69) is 31.9 Å². The Hall–Kier alpha value is -0.420. The second-order valence-corrected chi connectivity index (χ2v) is 5.53. The van der Waals surface area contributed by atoms with Crippen molar-refractivity contribution in [1.82, 2.24) is 0 Å². The summed E-state index contributed by atoms with van der Waals surface area (Å²) >= 11 is 6.40. The molecule has 1 aliphatic rings. The van der Waals surface area contributed by atoms with E-state index in [0.717, 1.165) is 30.5 Å². The van der Waals surface area contributed by atoms with Crippen molar-refractivity contribution in [1.29, 1.82) is 0 Å². The molecule has 0 spiro atoms. The molecule has 0 saturated heterocycles. The minimum atomic E-state index is -0.306. The zero-order valence-electron chi connectivity index (χ0n) is 8.64. The molecule has 0 aliphatic carbocycles. The first kappa shape index (κ1) is 12.0. The number of hydrogen-bond acceptors (Lipinski definition) is 1.